The summed E-state index contributed by atoms with van der Waals surface area (Å²) in [6.45, 7) is 0. The van der Waals surface area contributed by atoms with E-state index in [9.17, 15) is 9.59 Å². The van der Waals surface area contributed by atoms with Crippen LogP contribution in [0, 0.1) is 0 Å². The molecular formula is C21H13ClN2O3S2. The number of hydrazone groups is 1. The number of hydrogen-bond acceptors (Lipinski definition) is 6. The number of rotatable bonds is 5. The van der Waals surface area contributed by atoms with Crippen LogP contribution in [0.1, 0.15) is 24.9 Å². The summed E-state index contributed by atoms with van der Waals surface area (Å²) < 4.78 is 6.47. The van der Waals surface area contributed by atoms with Crippen LogP contribution in [0.2, 0.25) is 5.02 Å². The predicted octanol–water partition coefficient (Wildman–Crippen LogP) is 5.60. The highest BCUT2D eigenvalue weighted by molar-refractivity contribution is 7.21. The smallest absolute Gasteiger partial charge is 0.355 e. The number of carbonyl (C=O) groups is 2. The van der Waals surface area contributed by atoms with Gasteiger partial charge in [-0.2, -0.15) is 5.10 Å². The minimum atomic E-state index is -0.542. The number of nitrogens with zero attached hydrogens (tertiary/aromatic N) is 1. The van der Waals surface area contributed by atoms with E-state index in [0.29, 0.717) is 26.1 Å². The predicted molar refractivity (Wildman–Crippen MR) is 118 cm³/mol. The molecule has 2 aromatic carbocycles. The molecule has 0 aliphatic rings. The molecule has 0 aliphatic carbocycles. The van der Waals surface area contributed by atoms with Gasteiger partial charge in [0.1, 0.15) is 10.6 Å². The van der Waals surface area contributed by atoms with Gasteiger partial charge < -0.3 is 4.74 Å². The number of hydrogen-bond donors (Lipinski definition) is 1. The summed E-state index contributed by atoms with van der Waals surface area (Å²) in [6.07, 6.45) is 1.43. The van der Waals surface area contributed by atoms with Crippen LogP contribution in [0.15, 0.2) is 71.1 Å². The third-order valence-electron chi connectivity index (χ3n) is 3.96. The first-order valence-corrected chi connectivity index (χ1v) is 10.6. The second kappa shape index (κ2) is 8.57. The molecule has 0 bridgehead atoms. The number of thiophene rings is 2. The third kappa shape index (κ3) is 4.22. The Bertz CT molecular complexity index is 1220. The van der Waals surface area contributed by atoms with Crippen molar-refractivity contribution in [3.05, 3.63) is 86.4 Å². The van der Waals surface area contributed by atoms with Crippen molar-refractivity contribution in [2.24, 2.45) is 5.10 Å². The van der Waals surface area contributed by atoms with Crippen molar-refractivity contribution in [3.8, 4) is 5.75 Å². The molecule has 4 aromatic rings. The van der Waals surface area contributed by atoms with Crippen molar-refractivity contribution in [1.29, 1.82) is 0 Å². The fraction of sp³-hybridized carbons (Fsp3) is 0. The minimum Gasteiger partial charge on any atom is -0.422 e. The first-order chi connectivity index (χ1) is 14.1. The Kier molecular flexibility index (Phi) is 5.71. The molecule has 0 spiro atoms. The van der Waals surface area contributed by atoms with Gasteiger partial charge in [0.25, 0.3) is 5.91 Å². The molecule has 0 saturated heterocycles. The van der Waals surface area contributed by atoms with E-state index in [1.807, 2.05) is 29.6 Å². The summed E-state index contributed by atoms with van der Waals surface area (Å²) >= 11 is 8.97. The van der Waals surface area contributed by atoms with Crippen molar-refractivity contribution in [1.82, 2.24) is 5.43 Å². The number of amides is 1. The highest BCUT2D eigenvalue weighted by Gasteiger charge is 2.19. The first kappa shape index (κ1) is 19.3. The summed E-state index contributed by atoms with van der Waals surface area (Å²) in [7, 11) is 0. The zero-order valence-corrected chi connectivity index (χ0v) is 17.2. The Balaban J connectivity index is 1.52. The molecule has 8 heteroatoms. The quantitative estimate of drug-likeness (QED) is 0.190. The number of esters is 1. The SMILES string of the molecule is O=C(N/N=C/c1ccccc1OC(=O)c1sc2ccccc2c1Cl)c1cccs1. The van der Waals surface area contributed by atoms with Gasteiger partial charge in [0.05, 0.1) is 16.1 Å². The minimum absolute atomic E-state index is 0.303. The van der Waals surface area contributed by atoms with Crippen molar-refractivity contribution < 1.29 is 14.3 Å². The van der Waals surface area contributed by atoms with Gasteiger partial charge in [-0.3, -0.25) is 4.79 Å². The zero-order chi connectivity index (χ0) is 20.2. The van der Waals surface area contributed by atoms with Crippen LogP contribution in [-0.2, 0) is 0 Å². The summed E-state index contributed by atoms with van der Waals surface area (Å²) in [5.41, 5.74) is 3.00. The van der Waals surface area contributed by atoms with Crippen molar-refractivity contribution in [2.45, 2.75) is 0 Å². The third-order valence-corrected chi connectivity index (χ3v) is 6.48. The Morgan fingerprint density at radius 1 is 1.03 bits per heavy atom. The average Bonchev–Trinajstić information content (AvgIpc) is 3.38. The molecule has 0 aliphatic heterocycles. The number of benzene rings is 2. The number of para-hydroxylation sites is 1. The van der Waals surface area contributed by atoms with Crippen molar-refractivity contribution in [2.75, 3.05) is 0 Å². The summed E-state index contributed by atoms with van der Waals surface area (Å²) in [5.74, 6) is -0.525. The molecule has 1 amide bonds. The van der Waals surface area contributed by atoms with E-state index >= 15 is 0 Å². The van der Waals surface area contributed by atoms with Gasteiger partial charge in [-0.05, 0) is 29.6 Å². The molecule has 144 valence electrons. The van der Waals surface area contributed by atoms with Crippen LogP contribution < -0.4 is 10.2 Å². The van der Waals surface area contributed by atoms with E-state index in [-0.39, 0.29) is 5.91 Å². The Labute approximate surface area is 179 Å². The van der Waals surface area contributed by atoms with Gasteiger partial charge in [0, 0.05) is 15.6 Å². The van der Waals surface area contributed by atoms with Gasteiger partial charge in [-0.25, -0.2) is 10.2 Å². The molecule has 29 heavy (non-hydrogen) atoms. The van der Waals surface area contributed by atoms with Gasteiger partial charge in [0.15, 0.2) is 0 Å². The van der Waals surface area contributed by atoms with Gasteiger partial charge >= 0.3 is 5.97 Å². The molecule has 2 heterocycles. The second-order valence-electron chi connectivity index (χ2n) is 5.85. The molecule has 0 atom stereocenters. The number of fused-ring (bicyclic) bond motifs is 1. The van der Waals surface area contributed by atoms with Crippen molar-refractivity contribution in [3.63, 3.8) is 0 Å². The van der Waals surface area contributed by atoms with Crippen molar-refractivity contribution >= 4 is 62.5 Å². The van der Waals surface area contributed by atoms with Gasteiger partial charge in [0.2, 0.25) is 0 Å². The lowest BCUT2D eigenvalue weighted by Gasteiger charge is -2.06. The number of carbonyl (C=O) groups excluding carboxylic acids is 2. The molecular weight excluding hydrogens is 428 g/mol. The molecule has 0 unspecified atom stereocenters. The molecule has 2 aromatic heterocycles. The van der Waals surface area contributed by atoms with Crippen LogP contribution in [0.3, 0.4) is 0 Å². The molecule has 4 rings (SSSR count). The Morgan fingerprint density at radius 2 is 1.83 bits per heavy atom. The fourth-order valence-electron chi connectivity index (χ4n) is 2.59. The van der Waals surface area contributed by atoms with Crippen LogP contribution in [0.5, 0.6) is 5.75 Å². The maximum Gasteiger partial charge on any atom is 0.355 e. The largest absolute Gasteiger partial charge is 0.422 e. The molecule has 0 radical (unpaired) electrons. The molecule has 1 N–H and O–H groups in total. The highest BCUT2D eigenvalue weighted by Crippen LogP contribution is 2.35. The first-order valence-electron chi connectivity index (χ1n) is 8.48. The van der Waals surface area contributed by atoms with Gasteiger partial charge in [-0.1, -0.05) is 48.0 Å². The molecule has 0 saturated carbocycles. The highest BCUT2D eigenvalue weighted by atomic mass is 35.5. The number of ether oxygens (including phenoxy) is 1. The van der Waals surface area contributed by atoms with E-state index in [2.05, 4.69) is 10.5 Å². The van der Waals surface area contributed by atoms with E-state index in [0.717, 1.165) is 10.1 Å². The summed E-state index contributed by atoms with van der Waals surface area (Å²) in [6, 6.07) is 17.9. The summed E-state index contributed by atoms with van der Waals surface area (Å²) in [5, 5.41) is 6.97. The van der Waals surface area contributed by atoms with Crippen LogP contribution in [-0.4, -0.2) is 18.1 Å². The van der Waals surface area contributed by atoms with Crippen LogP contribution >= 0.6 is 34.3 Å². The van der Waals surface area contributed by atoms with Crippen LogP contribution in [0.4, 0.5) is 0 Å². The monoisotopic (exact) mass is 440 g/mol. The Hall–Kier alpha value is -3.00. The average molecular weight is 441 g/mol. The van der Waals surface area contributed by atoms with E-state index in [4.69, 9.17) is 16.3 Å². The number of halogens is 1. The zero-order valence-electron chi connectivity index (χ0n) is 14.8. The standard InChI is InChI=1S/C21H13ClN2O3S2/c22-18-14-7-2-4-9-16(14)29-19(18)21(26)27-15-8-3-1-6-13(15)12-23-24-20(25)17-10-5-11-28-17/h1-12H,(H,24,25)/b23-12+. The lowest BCUT2D eigenvalue weighted by atomic mass is 10.2. The molecule has 5 nitrogen and oxygen atoms in total. The van der Waals surface area contributed by atoms with Crippen LogP contribution in [0.25, 0.3) is 10.1 Å². The molecule has 0 fully saturated rings. The second-order valence-corrected chi connectivity index (χ2v) is 8.22. The van der Waals surface area contributed by atoms with E-state index < -0.39 is 5.97 Å². The maximum atomic E-state index is 12.7. The Morgan fingerprint density at radius 3 is 2.62 bits per heavy atom. The topological polar surface area (TPSA) is 67.8 Å². The van der Waals surface area contributed by atoms with Gasteiger partial charge in [-0.15, -0.1) is 22.7 Å². The lowest BCUT2D eigenvalue weighted by molar-refractivity contribution is 0.0739. The fourth-order valence-corrected chi connectivity index (χ4v) is 4.59. The summed E-state index contributed by atoms with van der Waals surface area (Å²) in [4.78, 5) is 25.5. The van der Waals surface area contributed by atoms with E-state index in [1.54, 1.807) is 36.4 Å². The lowest BCUT2D eigenvalue weighted by Crippen LogP contribution is -2.16. The van der Waals surface area contributed by atoms with E-state index in [1.165, 1.54) is 28.9 Å². The normalized spacial score (nSPS) is 11.1. The number of nitrogens with one attached hydrogen (secondary N) is 1. The maximum absolute atomic E-state index is 12.7.